The number of pyridine rings is 1. The van der Waals surface area contributed by atoms with Crippen LogP contribution in [0.25, 0.3) is 0 Å². The Morgan fingerprint density at radius 2 is 1.52 bits per heavy atom. The summed E-state index contributed by atoms with van der Waals surface area (Å²) in [6.45, 7) is 6.08. The predicted octanol–water partition coefficient (Wildman–Crippen LogP) is 4.69. The van der Waals surface area contributed by atoms with Gasteiger partial charge in [0.15, 0.2) is 9.84 Å². The summed E-state index contributed by atoms with van der Waals surface area (Å²) in [5, 5.41) is 0. The lowest BCUT2D eigenvalue weighted by Crippen LogP contribution is -2.03. The number of aromatic nitrogens is 1. The van der Waals surface area contributed by atoms with Crippen molar-refractivity contribution in [1.82, 2.24) is 4.98 Å². The molecule has 0 unspecified atom stereocenters. The van der Waals surface area contributed by atoms with Crippen LogP contribution in [-0.2, 0) is 14.6 Å². The highest BCUT2D eigenvalue weighted by molar-refractivity contribution is 7.90. The van der Waals surface area contributed by atoms with Gasteiger partial charge in [-0.1, -0.05) is 73.7 Å². The molecule has 1 heterocycles. The molecule has 6 heteroatoms. The van der Waals surface area contributed by atoms with E-state index in [1.165, 1.54) is 31.0 Å². The maximum atomic E-state index is 11.7. The van der Waals surface area contributed by atoms with E-state index in [1.54, 1.807) is 24.3 Å². The third kappa shape index (κ3) is 8.85. The first-order chi connectivity index (χ1) is 14.8. The van der Waals surface area contributed by atoms with Gasteiger partial charge in [0, 0.05) is 23.6 Å². The molecule has 162 valence electrons. The Kier molecular flexibility index (Phi) is 10.7. The second-order valence-corrected chi connectivity index (χ2v) is 8.08. The van der Waals surface area contributed by atoms with Crippen molar-refractivity contribution in [3.8, 4) is 11.8 Å². The summed E-state index contributed by atoms with van der Waals surface area (Å²) in [5.74, 6) is 5.12. The van der Waals surface area contributed by atoms with E-state index in [0.717, 1.165) is 6.26 Å². The summed E-state index contributed by atoms with van der Waals surface area (Å²) in [6, 6.07) is 19.9. The van der Waals surface area contributed by atoms with E-state index in [0.29, 0.717) is 11.1 Å². The van der Waals surface area contributed by atoms with Crippen LogP contribution in [0.5, 0.6) is 0 Å². The normalized spacial score (nSPS) is 9.58. The van der Waals surface area contributed by atoms with Gasteiger partial charge >= 0.3 is 5.97 Å². The Morgan fingerprint density at radius 1 is 0.903 bits per heavy atom. The van der Waals surface area contributed by atoms with Crippen LogP contribution in [0.2, 0.25) is 0 Å². The van der Waals surface area contributed by atoms with Gasteiger partial charge in [0.05, 0.1) is 12.0 Å². The average molecular weight is 438 g/mol. The summed E-state index contributed by atoms with van der Waals surface area (Å²) in [4.78, 5) is 15.4. The molecule has 1 aromatic heterocycles. The highest BCUT2D eigenvalue weighted by Crippen LogP contribution is 2.14. The van der Waals surface area contributed by atoms with E-state index in [2.05, 4.69) is 40.6 Å². The number of sulfone groups is 1. The molecule has 0 saturated carbocycles. The molecule has 0 N–H and O–H groups in total. The van der Waals surface area contributed by atoms with Crippen molar-refractivity contribution in [2.24, 2.45) is 0 Å². The first-order valence-corrected chi connectivity index (χ1v) is 11.6. The Balaban J connectivity index is 0.000000447. The highest BCUT2D eigenvalue weighted by Gasteiger charge is 2.10. The van der Waals surface area contributed by atoms with Gasteiger partial charge in [-0.3, -0.25) is 0 Å². The molecule has 0 aliphatic rings. The SMILES string of the molecule is CC.COC(=O)c1ccc(C#Cc2ccccc2S(C)(=O)=O)cn1.Cc1ccccc1. The summed E-state index contributed by atoms with van der Waals surface area (Å²) in [7, 11) is -2.06. The largest absolute Gasteiger partial charge is 0.464 e. The predicted molar refractivity (Wildman–Crippen MR) is 124 cm³/mol. The first-order valence-electron chi connectivity index (χ1n) is 9.68. The van der Waals surface area contributed by atoms with Gasteiger partial charge in [0.1, 0.15) is 5.69 Å². The number of hydrogen-bond acceptors (Lipinski definition) is 5. The number of rotatable bonds is 2. The number of hydrogen-bond donors (Lipinski definition) is 0. The fourth-order valence-corrected chi connectivity index (χ4v) is 3.10. The first kappa shape index (κ1) is 25.6. The van der Waals surface area contributed by atoms with Crippen molar-refractivity contribution in [1.29, 1.82) is 0 Å². The minimum Gasteiger partial charge on any atom is -0.464 e. The molecule has 2 aromatic carbocycles. The second kappa shape index (κ2) is 13.0. The van der Waals surface area contributed by atoms with Crippen LogP contribution in [0.3, 0.4) is 0 Å². The molecule has 3 rings (SSSR count). The van der Waals surface area contributed by atoms with Gasteiger partial charge in [-0.15, -0.1) is 0 Å². The molecule has 5 nitrogen and oxygen atoms in total. The molecule has 0 fully saturated rings. The Hall–Kier alpha value is -3.43. The van der Waals surface area contributed by atoms with Crippen molar-refractivity contribution in [3.05, 3.63) is 95.3 Å². The minimum atomic E-state index is -3.34. The van der Waals surface area contributed by atoms with Crippen molar-refractivity contribution < 1.29 is 17.9 Å². The lowest BCUT2D eigenvalue weighted by molar-refractivity contribution is 0.0594. The van der Waals surface area contributed by atoms with Crippen molar-refractivity contribution in [3.63, 3.8) is 0 Å². The molecule has 0 radical (unpaired) electrons. The Labute approximate surface area is 185 Å². The van der Waals surface area contributed by atoms with Gasteiger partial charge in [-0.05, 0) is 31.2 Å². The van der Waals surface area contributed by atoms with Gasteiger partial charge < -0.3 is 4.74 Å². The molecule has 0 saturated heterocycles. The third-order valence-corrected chi connectivity index (χ3v) is 4.88. The number of nitrogens with zero attached hydrogens (tertiary/aromatic N) is 1. The zero-order valence-electron chi connectivity index (χ0n) is 18.4. The maximum Gasteiger partial charge on any atom is 0.356 e. The number of carbonyl (C=O) groups is 1. The second-order valence-electron chi connectivity index (χ2n) is 6.10. The van der Waals surface area contributed by atoms with Crippen LogP contribution in [0.15, 0.2) is 77.8 Å². The van der Waals surface area contributed by atoms with Gasteiger partial charge in [-0.2, -0.15) is 0 Å². The van der Waals surface area contributed by atoms with E-state index in [9.17, 15) is 13.2 Å². The summed E-state index contributed by atoms with van der Waals surface area (Å²) < 4.78 is 27.9. The number of methoxy groups -OCH3 is 1. The van der Waals surface area contributed by atoms with Gasteiger partial charge in [0.2, 0.25) is 0 Å². The summed E-state index contributed by atoms with van der Waals surface area (Å²) in [6.07, 6.45) is 2.57. The molecule has 3 aromatic rings. The van der Waals surface area contributed by atoms with E-state index in [4.69, 9.17) is 0 Å². The quantitative estimate of drug-likeness (QED) is 0.429. The monoisotopic (exact) mass is 437 g/mol. The smallest absolute Gasteiger partial charge is 0.356 e. The molecule has 0 bridgehead atoms. The standard InChI is InChI=1S/C16H13NO4S.C7H8.C2H6/c1-21-16(18)14-10-8-12(11-17-14)7-9-13-5-3-4-6-15(13)22(2,19)20;1-7-5-3-2-4-6-7;1-2/h3-6,8,10-11H,1-2H3;2-6H,1H3;1-2H3. The molecule has 0 aliphatic heterocycles. The highest BCUT2D eigenvalue weighted by atomic mass is 32.2. The zero-order valence-corrected chi connectivity index (χ0v) is 19.2. The van der Waals surface area contributed by atoms with Crippen LogP contribution < -0.4 is 0 Å². The van der Waals surface area contributed by atoms with Crippen LogP contribution in [0.4, 0.5) is 0 Å². The molecule has 0 amide bonds. The van der Waals surface area contributed by atoms with Crippen LogP contribution >= 0.6 is 0 Å². The van der Waals surface area contributed by atoms with Gasteiger partial charge in [-0.25, -0.2) is 18.2 Å². The van der Waals surface area contributed by atoms with Crippen molar-refractivity contribution >= 4 is 15.8 Å². The van der Waals surface area contributed by atoms with E-state index in [-0.39, 0.29) is 10.6 Å². The number of esters is 1. The van der Waals surface area contributed by atoms with Gasteiger partial charge in [0.25, 0.3) is 0 Å². The average Bonchev–Trinajstić information content (AvgIpc) is 2.79. The zero-order chi connectivity index (χ0) is 23.3. The number of aryl methyl sites for hydroxylation is 1. The summed E-state index contributed by atoms with van der Waals surface area (Å²) in [5.41, 5.74) is 2.49. The van der Waals surface area contributed by atoms with E-state index >= 15 is 0 Å². The van der Waals surface area contributed by atoms with E-state index < -0.39 is 15.8 Å². The number of ether oxygens (including phenoxy) is 1. The molecular weight excluding hydrogens is 410 g/mol. The molecule has 31 heavy (non-hydrogen) atoms. The lowest BCUT2D eigenvalue weighted by Gasteiger charge is -2.00. The topological polar surface area (TPSA) is 73.3 Å². The fraction of sp³-hybridized carbons (Fsp3) is 0.200. The molecule has 0 atom stereocenters. The fourth-order valence-electron chi connectivity index (χ4n) is 2.26. The molecular formula is C25H27NO4S. The minimum absolute atomic E-state index is 0.182. The summed E-state index contributed by atoms with van der Waals surface area (Å²) >= 11 is 0. The molecule has 0 aliphatic carbocycles. The molecule has 0 spiro atoms. The van der Waals surface area contributed by atoms with Crippen molar-refractivity contribution in [2.45, 2.75) is 25.7 Å². The lowest BCUT2D eigenvalue weighted by atomic mass is 10.2. The third-order valence-electron chi connectivity index (χ3n) is 3.73. The number of benzene rings is 2. The van der Waals surface area contributed by atoms with E-state index in [1.807, 2.05) is 32.0 Å². The Morgan fingerprint density at radius 3 is 2.00 bits per heavy atom. The number of carbonyl (C=O) groups excluding carboxylic acids is 1. The van der Waals surface area contributed by atoms with Crippen LogP contribution in [-0.4, -0.2) is 32.7 Å². The van der Waals surface area contributed by atoms with Crippen LogP contribution in [0.1, 0.15) is 41.0 Å². The maximum absolute atomic E-state index is 11.7. The van der Waals surface area contributed by atoms with Crippen molar-refractivity contribution in [2.75, 3.05) is 13.4 Å². The Bertz CT molecular complexity index is 1130. The van der Waals surface area contributed by atoms with Crippen LogP contribution in [0, 0.1) is 18.8 Å².